The van der Waals surface area contributed by atoms with E-state index in [2.05, 4.69) is 4.72 Å². The zero-order chi connectivity index (χ0) is 18.1. The van der Waals surface area contributed by atoms with Crippen molar-refractivity contribution < 1.29 is 13.2 Å². The van der Waals surface area contributed by atoms with Crippen molar-refractivity contribution in [3.63, 3.8) is 0 Å². The largest absolute Gasteiger partial charge is 0.496 e. The Bertz CT molecular complexity index is 876. The molecule has 0 spiro atoms. The molecular weight excluding hydrogens is 346 g/mol. The van der Waals surface area contributed by atoms with Gasteiger partial charge in [-0.15, -0.1) is 0 Å². The Morgan fingerprint density at radius 1 is 1.04 bits per heavy atom. The van der Waals surface area contributed by atoms with E-state index in [1.54, 1.807) is 39.2 Å². The molecule has 1 N–H and O–H groups in total. The van der Waals surface area contributed by atoms with Crippen LogP contribution in [0.15, 0.2) is 29.2 Å². The maximum absolute atomic E-state index is 12.8. The highest BCUT2D eigenvalue weighted by molar-refractivity contribution is 7.89. The van der Waals surface area contributed by atoms with E-state index in [1.165, 1.54) is 0 Å². The highest BCUT2D eigenvalue weighted by Crippen LogP contribution is 2.30. The lowest BCUT2D eigenvalue weighted by atomic mass is 10.1. The summed E-state index contributed by atoms with van der Waals surface area (Å²) < 4.78 is 33.6. The van der Waals surface area contributed by atoms with Gasteiger partial charge >= 0.3 is 0 Å². The van der Waals surface area contributed by atoms with Gasteiger partial charge in [-0.2, -0.15) is 0 Å². The highest BCUT2D eigenvalue weighted by Gasteiger charge is 2.22. The molecule has 130 valence electrons. The van der Waals surface area contributed by atoms with Crippen molar-refractivity contribution in [1.29, 1.82) is 0 Å². The summed E-state index contributed by atoms with van der Waals surface area (Å²) >= 11 is 6.00. The van der Waals surface area contributed by atoms with Crippen LogP contribution in [-0.4, -0.2) is 15.5 Å². The van der Waals surface area contributed by atoms with Crippen molar-refractivity contribution in [1.82, 2.24) is 4.72 Å². The predicted octanol–water partition coefficient (Wildman–Crippen LogP) is 4.06. The van der Waals surface area contributed by atoms with E-state index in [1.807, 2.05) is 19.9 Å². The number of methoxy groups -OCH3 is 1. The maximum atomic E-state index is 12.8. The van der Waals surface area contributed by atoms with Crippen LogP contribution in [0.4, 0.5) is 0 Å². The van der Waals surface area contributed by atoms with Gasteiger partial charge in [0.15, 0.2) is 0 Å². The number of hydrogen-bond acceptors (Lipinski definition) is 3. The minimum atomic E-state index is -3.65. The van der Waals surface area contributed by atoms with E-state index in [0.717, 1.165) is 16.7 Å². The third-order valence-electron chi connectivity index (χ3n) is 4.23. The van der Waals surface area contributed by atoms with Crippen LogP contribution in [0.25, 0.3) is 0 Å². The molecule has 0 amide bonds. The lowest BCUT2D eigenvalue weighted by molar-refractivity contribution is 0.410. The third-order valence-corrected chi connectivity index (χ3v) is 6.16. The summed E-state index contributed by atoms with van der Waals surface area (Å²) in [6, 6.07) is 7.19. The van der Waals surface area contributed by atoms with Gasteiger partial charge in [-0.1, -0.05) is 17.7 Å². The standard InChI is InChI=1S/C18H22ClNO3S/c1-11-6-7-16(19)9-15(11)10-20-24(21,22)18-12(2)8-17(23-5)13(3)14(18)4/h6-9,20H,10H2,1-5H3. The van der Waals surface area contributed by atoms with Gasteiger partial charge in [0, 0.05) is 11.6 Å². The lowest BCUT2D eigenvalue weighted by Gasteiger charge is -2.17. The van der Waals surface area contributed by atoms with Gasteiger partial charge in [-0.3, -0.25) is 0 Å². The van der Waals surface area contributed by atoms with Gasteiger partial charge in [0.05, 0.1) is 12.0 Å². The summed E-state index contributed by atoms with van der Waals surface area (Å²) in [4.78, 5) is 0.306. The van der Waals surface area contributed by atoms with E-state index in [0.29, 0.717) is 26.8 Å². The van der Waals surface area contributed by atoms with E-state index < -0.39 is 10.0 Å². The molecule has 6 heteroatoms. The van der Waals surface area contributed by atoms with Crippen molar-refractivity contribution in [2.75, 3.05) is 7.11 Å². The van der Waals surface area contributed by atoms with Crippen molar-refractivity contribution in [2.24, 2.45) is 0 Å². The molecule has 0 radical (unpaired) electrons. The quantitative estimate of drug-likeness (QED) is 0.866. The van der Waals surface area contributed by atoms with E-state index in [4.69, 9.17) is 16.3 Å². The molecule has 0 unspecified atom stereocenters. The fraction of sp³-hybridized carbons (Fsp3) is 0.333. The zero-order valence-corrected chi connectivity index (χ0v) is 16.1. The Labute approximate surface area is 148 Å². The number of hydrogen-bond donors (Lipinski definition) is 1. The number of sulfonamides is 1. The summed E-state index contributed by atoms with van der Waals surface area (Å²) in [5.41, 5.74) is 4.02. The van der Waals surface area contributed by atoms with Crippen molar-refractivity contribution >= 4 is 21.6 Å². The summed E-state index contributed by atoms with van der Waals surface area (Å²) in [7, 11) is -2.07. The van der Waals surface area contributed by atoms with Crippen LogP contribution in [0, 0.1) is 27.7 Å². The molecule has 4 nitrogen and oxygen atoms in total. The molecule has 2 aromatic rings. The summed E-state index contributed by atoms with van der Waals surface area (Å²) in [5.74, 6) is 0.689. The Kier molecular flexibility index (Phi) is 5.58. The monoisotopic (exact) mass is 367 g/mol. The average Bonchev–Trinajstić information content (AvgIpc) is 2.51. The van der Waals surface area contributed by atoms with Crippen LogP contribution in [-0.2, 0) is 16.6 Å². The molecule has 0 saturated heterocycles. The van der Waals surface area contributed by atoms with Crippen LogP contribution >= 0.6 is 11.6 Å². The summed E-state index contributed by atoms with van der Waals surface area (Å²) in [5, 5.41) is 0.586. The normalized spacial score (nSPS) is 11.6. The lowest BCUT2D eigenvalue weighted by Crippen LogP contribution is -2.25. The first-order valence-corrected chi connectivity index (χ1v) is 9.43. The SMILES string of the molecule is COc1cc(C)c(S(=O)(=O)NCc2cc(Cl)ccc2C)c(C)c1C. The van der Waals surface area contributed by atoms with Crippen LogP contribution in [0.3, 0.4) is 0 Å². The topological polar surface area (TPSA) is 55.4 Å². The molecule has 24 heavy (non-hydrogen) atoms. The molecule has 0 bridgehead atoms. The smallest absolute Gasteiger partial charge is 0.241 e. The third kappa shape index (κ3) is 3.74. The van der Waals surface area contributed by atoms with Gasteiger partial charge in [-0.05, 0) is 73.7 Å². The van der Waals surface area contributed by atoms with E-state index in [9.17, 15) is 8.42 Å². The van der Waals surface area contributed by atoms with Crippen LogP contribution in [0.1, 0.15) is 27.8 Å². The van der Waals surface area contributed by atoms with Gasteiger partial charge in [0.1, 0.15) is 5.75 Å². The first-order chi connectivity index (χ1) is 11.2. The predicted molar refractivity (Wildman–Crippen MR) is 97.4 cm³/mol. The minimum absolute atomic E-state index is 0.193. The molecule has 0 aromatic heterocycles. The number of halogens is 1. The minimum Gasteiger partial charge on any atom is -0.496 e. The molecule has 0 aliphatic rings. The Morgan fingerprint density at radius 3 is 2.33 bits per heavy atom. The second-order valence-corrected chi connectivity index (χ2v) is 8.01. The molecule has 2 rings (SSSR count). The fourth-order valence-corrected chi connectivity index (χ4v) is 4.45. The molecule has 0 saturated carbocycles. The molecular formula is C18H22ClNO3S. The van der Waals surface area contributed by atoms with Gasteiger partial charge in [-0.25, -0.2) is 13.1 Å². The number of nitrogens with one attached hydrogen (secondary N) is 1. The number of benzene rings is 2. The van der Waals surface area contributed by atoms with Gasteiger partial charge in [0.2, 0.25) is 10.0 Å². The van der Waals surface area contributed by atoms with Crippen molar-refractivity contribution in [3.05, 3.63) is 57.1 Å². The number of rotatable bonds is 5. The first kappa shape index (κ1) is 18.8. The average molecular weight is 368 g/mol. The van der Waals surface area contributed by atoms with Gasteiger partial charge in [0.25, 0.3) is 0 Å². The Morgan fingerprint density at radius 2 is 1.71 bits per heavy atom. The molecule has 0 atom stereocenters. The maximum Gasteiger partial charge on any atom is 0.241 e. The first-order valence-electron chi connectivity index (χ1n) is 7.57. The number of aryl methyl sites for hydroxylation is 2. The van der Waals surface area contributed by atoms with Crippen LogP contribution < -0.4 is 9.46 Å². The zero-order valence-electron chi connectivity index (χ0n) is 14.5. The second-order valence-electron chi connectivity index (χ2n) is 5.87. The number of ether oxygens (including phenoxy) is 1. The highest BCUT2D eigenvalue weighted by atomic mass is 35.5. The van der Waals surface area contributed by atoms with Crippen LogP contribution in [0.5, 0.6) is 5.75 Å². The van der Waals surface area contributed by atoms with Crippen molar-refractivity contribution in [2.45, 2.75) is 39.1 Å². The summed E-state index contributed by atoms with van der Waals surface area (Å²) in [6.45, 7) is 7.54. The molecule has 0 fully saturated rings. The second kappa shape index (κ2) is 7.13. The fourth-order valence-electron chi connectivity index (χ4n) is 2.72. The van der Waals surface area contributed by atoms with Gasteiger partial charge < -0.3 is 4.74 Å². The van der Waals surface area contributed by atoms with E-state index in [-0.39, 0.29) is 6.54 Å². The molecule has 0 heterocycles. The Hall–Kier alpha value is -1.56. The Balaban J connectivity index is 2.38. The molecule has 0 aliphatic heterocycles. The van der Waals surface area contributed by atoms with E-state index >= 15 is 0 Å². The van der Waals surface area contributed by atoms with Crippen LogP contribution in [0.2, 0.25) is 5.02 Å². The van der Waals surface area contributed by atoms with Crippen molar-refractivity contribution in [3.8, 4) is 5.75 Å². The molecule has 2 aromatic carbocycles. The summed E-state index contributed by atoms with van der Waals surface area (Å²) in [6.07, 6.45) is 0. The molecule has 0 aliphatic carbocycles.